The number of nitrogens with zero attached hydrogens (tertiary/aromatic N) is 1. The summed E-state index contributed by atoms with van der Waals surface area (Å²) < 4.78 is 0. The molecule has 2 N–H and O–H groups in total. The van der Waals surface area contributed by atoms with Gasteiger partial charge in [-0.05, 0) is 37.6 Å². The Balaban J connectivity index is 2.12. The van der Waals surface area contributed by atoms with Gasteiger partial charge >= 0.3 is 0 Å². The zero-order valence-electron chi connectivity index (χ0n) is 12.7. The molecule has 110 valence electrons. The van der Waals surface area contributed by atoms with Gasteiger partial charge in [-0.15, -0.1) is 0 Å². The third-order valence-corrected chi connectivity index (χ3v) is 4.07. The topological polar surface area (TPSA) is 44.4 Å². The summed E-state index contributed by atoms with van der Waals surface area (Å²) in [5, 5.41) is 6.42. The van der Waals surface area contributed by atoms with E-state index in [1.54, 1.807) is 0 Å². The number of carbonyl (C=O) groups is 1. The molecule has 1 amide bonds. The number of benzene rings is 1. The van der Waals surface area contributed by atoms with Crippen LogP contribution in [-0.4, -0.2) is 33.1 Å². The maximum absolute atomic E-state index is 12.6. The van der Waals surface area contributed by atoms with E-state index >= 15 is 0 Å². The maximum atomic E-state index is 12.6. The SMILES string of the molecule is CCCC1(C(=O)Nc2cccc(N(C)C)c2)CCNC1. The lowest BCUT2D eigenvalue weighted by Gasteiger charge is -2.26. The average Bonchev–Trinajstić information content (AvgIpc) is 2.89. The molecule has 0 aliphatic carbocycles. The molecule has 1 saturated heterocycles. The van der Waals surface area contributed by atoms with E-state index in [0.717, 1.165) is 43.7 Å². The van der Waals surface area contributed by atoms with E-state index in [1.807, 2.05) is 43.3 Å². The smallest absolute Gasteiger partial charge is 0.231 e. The molecule has 1 heterocycles. The van der Waals surface area contributed by atoms with Gasteiger partial charge < -0.3 is 15.5 Å². The van der Waals surface area contributed by atoms with E-state index in [-0.39, 0.29) is 11.3 Å². The second-order valence-electron chi connectivity index (χ2n) is 5.86. The molecule has 0 saturated carbocycles. The van der Waals surface area contributed by atoms with Crippen LogP contribution in [0.1, 0.15) is 26.2 Å². The lowest BCUT2D eigenvalue weighted by atomic mass is 9.81. The van der Waals surface area contributed by atoms with Gasteiger partial charge in [0, 0.05) is 32.0 Å². The molecule has 1 fully saturated rings. The monoisotopic (exact) mass is 275 g/mol. The minimum absolute atomic E-state index is 0.153. The molecule has 0 aromatic heterocycles. The first-order valence-corrected chi connectivity index (χ1v) is 7.37. The van der Waals surface area contributed by atoms with Gasteiger partial charge in [0.05, 0.1) is 5.41 Å². The second-order valence-corrected chi connectivity index (χ2v) is 5.86. The molecule has 1 aliphatic rings. The predicted octanol–water partition coefficient (Wildman–Crippen LogP) is 2.47. The third kappa shape index (κ3) is 3.12. The molecule has 4 nitrogen and oxygen atoms in total. The van der Waals surface area contributed by atoms with Crippen LogP contribution in [0.3, 0.4) is 0 Å². The van der Waals surface area contributed by atoms with Crippen molar-refractivity contribution in [1.82, 2.24) is 5.32 Å². The fraction of sp³-hybridized carbons (Fsp3) is 0.562. The molecule has 0 radical (unpaired) electrons. The van der Waals surface area contributed by atoms with E-state index < -0.39 is 0 Å². The molecule has 0 bridgehead atoms. The standard InChI is InChI=1S/C16H25N3O/c1-4-8-16(9-10-17-12-16)15(20)18-13-6-5-7-14(11-13)19(2)3/h5-7,11,17H,4,8-10,12H2,1-3H3,(H,18,20). The van der Waals surface area contributed by atoms with Crippen molar-refractivity contribution in [3.8, 4) is 0 Å². The van der Waals surface area contributed by atoms with Gasteiger partial charge in [0.15, 0.2) is 0 Å². The second kappa shape index (κ2) is 6.27. The summed E-state index contributed by atoms with van der Waals surface area (Å²) in [6.45, 7) is 3.87. The van der Waals surface area contributed by atoms with Crippen molar-refractivity contribution in [3.63, 3.8) is 0 Å². The van der Waals surface area contributed by atoms with Crippen LogP contribution in [0.15, 0.2) is 24.3 Å². The Hall–Kier alpha value is -1.55. The van der Waals surface area contributed by atoms with Gasteiger partial charge in [-0.1, -0.05) is 19.4 Å². The first kappa shape index (κ1) is 14.9. The van der Waals surface area contributed by atoms with Crippen molar-refractivity contribution in [3.05, 3.63) is 24.3 Å². The quantitative estimate of drug-likeness (QED) is 0.867. The maximum Gasteiger partial charge on any atom is 0.231 e. The first-order chi connectivity index (χ1) is 9.57. The number of amides is 1. The van der Waals surface area contributed by atoms with Crippen LogP contribution in [0.5, 0.6) is 0 Å². The van der Waals surface area contributed by atoms with Crippen LogP contribution < -0.4 is 15.5 Å². The summed E-state index contributed by atoms with van der Waals surface area (Å²) in [7, 11) is 4.00. The number of nitrogens with one attached hydrogen (secondary N) is 2. The summed E-state index contributed by atoms with van der Waals surface area (Å²) in [5.74, 6) is 0.153. The van der Waals surface area contributed by atoms with Crippen LogP contribution in [-0.2, 0) is 4.79 Å². The third-order valence-electron chi connectivity index (χ3n) is 4.07. The summed E-state index contributed by atoms with van der Waals surface area (Å²) in [5.41, 5.74) is 1.74. The van der Waals surface area contributed by atoms with Crippen LogP contribution in [0.4, 0.5) is 11.4 Å². The van der Waals surface area contributed by atoms with Crippen molar-refractivity contribution < 1.29 is 4.79 Å². The highest BCUT2D eigenvalue weighted by atomic mass is 16.2. The highest BCUT2D eigenvalue weighted by molar-refractivity contribution is 5.96. The van der Waals surface area contributed by atoms with Crippen molar-refractivity contribution in [2.45, 2.75) is 26.2 Å². The lowest BCUT2D eigenvalue weighted by molar-refractivity contribution is -0.125. The van der Waals surface area contributed by atoms with Gasteiger partial charge in [-0.2, -0.15) is 0 Å². The van der Waals surface area contributed by atoms with Gasteiger partial charge in [0.25, 0.3) is 0 Å². The number of hydrogen-bond acceptors (Lipinski definition) is 3. The number of carbonyl (C=O) groups excluding carboxylic acids is 1. The van der Waals surface area contributed by atoms with Crippen molar-refractivity contribution in [2.24, 2.45) is 5.41 Å². The van der Waals surface area contributed by atoms with Crippen molar-refractivity contribution in [2.75, 3.05) is 37.4 Å². The first-order valence-electron chi connectivity index (χ1n) is 7.37. The summed E-state index contributed by atoms with van der Waals surface area (Å²) in [4.78, 5) is 14.7. The molecule has 2 rings (SSSR count). The molecule has 4 heteroatoms. The Labute approximate surface area is 121 Å². The summed E-state index contributed by atoms with van der Waals surface area (Å²) >= 11 is 0. The van der Waals surface area contributed by atoms with Crippen LogP contribution in [0.2, 0.25) is 0 Å². The molecule has 1 unspecified atom stereocenters. The van der Waals surface area contributed by atoms with E-state index in [0.29, 0.717) is 0 Å². The van der Waals surface area contributed by atoms with E-state index in [4.69, 9.17) is 0 Å². The van der Waals surface area contributed by atoms with Crippen LogP contribution >= 0.6 is 0 Å². The molecule has 1 aromatic carbocycles. The van der Waals surface area contributed by atoms with Crippen molar-refractivity contribution in [1.29, 1.82) is 0 Å². The largest absolute Gasteiger partial charge is 0.378 e. The molecular weight excluding hydrogens is 250 g/mol. The van der Waals surface area contributed by atoms with Gasteiger partial charge in [0.1, 0.15) is 0 Å². The van der Waals surface area contributed by atoms with Crippen molar-refractivity contribution >= 4 is 17.3 Å². The molecule has 1 atom stereocenters. The van der Waals surface area contributed by atoms with Crippen LogP contribution in [0.25, 0.3) is 0 Å². The molecular formula is C16H25N3O. The number of anilines is 2. The highest BCUT2D eigenvalue weighted by Crippen LogP contribution is 2.32. The zero-order valence-corrected chi connectivity index (χ0v) is 12.7. The number of rotatable bonds is 5. The number of hydrogen-bond donors (Lipinski definition) is 2. The molecule has 0 spiro atoms. The van der Waals surface area contributed by atoms with E-state index in [9.17, 15) is 4.79 Å². The molecule has 1 aromatic rings. The normalized spacial score (nSPS) is 21.8. The minimum atomic E-state index is -0.233. The Morgan fingerprint density at radius 1 is 1.45 bits per heavy atom. The molecule has 20 heavy (non-hydrogen) atoms. The van der Waals surface area contributed by atoms with Gasteiger partial charge in [0.2, 0.25) is 5.91 Å². The summed E-state index contributed by atoms with van der Waals surface area (Å²) in [6, 6.07) is 7.98. The summed E-state index contributed by atoms with van der Waals surface area (Å²) in [6.07, 6.45) is 2.91. The fourth-order valence-corrected chi connectivity index (χ4v) is 2.87. The predicted molar refractivity (Wildman–Crippen MR) is 84.2 cm³/mol. The van der Waals surface area contributed by atoms with Gasteiger partial charge in [-0.3, -0.25) is 4.79 Å². The van der Waals surface area contributed by atoms with Gasteiger partial charge in [-0.25, -0.2) is 0 Å². The Bertz CT molecular complexity index is 465. The van der Waals surface area contributed by atoms with E-state index in [2.05, 4.69) is 17.6 Å². The lowest BCUT2D eigenvalue weighted by Crippen LogP contribution is -2.38. The fourth-order valence-electron chi connectivity index (χ4n) is 2.87. The minimum Gasteiger partial charge on any atom is -0.378 e. The zero-order chi connectivity index (χ0) is 14.6. The van der Waals surface area contributed by atoms with Crippen LogP contribution in [0, 0.1) is 5.41 Å². The average molecular weight is 275 g/mol. The van der Waals surface area contributed by atoms with E-state index in [1.165, 1.54) is 0 Å². The Morgan fingerprint density at radius 2 is 2.25 bits per heavy atom. The molecule has 1 aliphatic heterocycles. The Kier molecular flexibility index (Phi) is 4.65. The Morgan fingerprint density at radius 3 is 2.85 bits per heavy atom. The highest BCUT2D eigenvalue weighted by Gasteiger charge is 2.40.